The fourth-order valence-electron chi connectivity index (χ4n) is 3.04. The second kappa shape index (κ2) is 7.06. The molecule has 4 rings (SSSR count). The highest BCUT2D eigenvalue weighted by Crippen LogP contribution is 2.36. The van der Waals surface area contributed by atoms with Gasteiger partial charge in [0.05, 0.1) is 18.1 Å². The van der Waals surface area contributed by atoms with Gasteiger partial charge in [-0.05, 0) is 58.7 Å². The molecule has 0 fully saturated rings. The molecule has 0 saturated heterocycles. The molecule has 0 aliphatic carbocycles. The van der Waals surface area contributed by atoms with Crippen molar-refractivity contribution in [1.29, 1.82) is 0 Å². The number of nitrogens with zero attached hydrogens (tertiary/aromatic N) is 2. The standard InChI is InChI=1S/C21H14Cl2N2O2/c1-27-21(26)25-12-24-19-10-17(13-2-6-15(22)7-3-13)18(11-20(19)25)14-4-8-16(23)9-5-14/h2-12H,1H3. The van der Waals surface area contributed by atoms with Crippen LogP contribution in [0.5, 0.6) is 0 Å². The number of carbonyl (C=O) groups is 1. The molecule has 0 aliphatic heterocycles. The van der Waals surface area contributed by atoms with Gasteiger partial charge in [0, 0.05) is 10.0 Å². The SMILES string of the molecule is COC(=O)n1cnc2cc(-c3ccc(Cl)cc3)c(-c3ccc(Cl)cc3)cc21. The maximum Gasteiger partial charge on any atom is 0.419 e. The van der Waals surface area contributed by atoms with Crippen molar-refractivity contribution >= 4 is 40.3 Å². The Hall–Kier alpha value is -2.82. The summed E-state index contributed by atoms with van der Waals surface area (Å²) >= 11 is 12.1. The lowest BCUT2D eigenvalue weighted by molar-refractivity contribution is 0.174. The van der Waals surface area contributed by atoms with Crippen molar-refractivity contribution in [1.82, 2.24) is 9.55 Å². The summed E-state index contributed by atoms with van der Waals surface area (Å²) in [6.45, 7) is 0. The summed E-state index contributed by atoms with van der Waals surface area (Å²) in [4.78, 5) is 16.4. The first-order valence-electron chi connectivity index (χ1n) is 8.18. The Morgan fingerprint density at radius 1 is 0.889 bits per heavy atom. The molecule has 27 heavy (non-hydrogen) atoms. The molecule has 0 atom stereocenters. The van der Waals surface area contributed by atoms with Crippen molar-refractivity contribution in [3.8, 4) is 22.3 Å². The lowest BCUT2D eigenvalue weighted by Gasteiger charge is -2.12. The molecule has 0 saturated carbocycles. The summed E-state index contributed by atoms with van der Waals surface area (Å²) in [6, 6.07) is 19.1. The number of hydrogen-bond donors (Lipinski definition) is 0. The van der Waals surface area contributed by atoms with Crippen molar-refractivity contribution in [2.24, 2.45) is 0 Å². The Morgan fingerprint density at radius 3 is 1.93 bits per heavy atom. The zero-order valence-corrected chi connectivity index (χ0v) is 15.8. The van der Waals surface area contributed by atoms with Crippen LogP contribution in [-0.4, -0.2) is 22.8 Å². The molecule has 0 bridgehead atoms. The Morgan fingerprint density at radius 2 is 1.41 bits per heavy atom. The zero-order chi connectivity index (χ0) is 19.0. The molecule has 1 heterocycles. The Balaban J connectivity index is 2.00. The quantitative estimate of drug-likeness (QED) is 0.399. The molecule has 0 aliphatic rings. The van der Waals surface area contributed by atoms with Crippen LogP contribution < -0.4 is 0 Å². The van der Waals surface area contributed by atoms with Crippen LogP contribution in [-0.2, 0) is 4.74 Å². The molecule has 0 spiro atoms. The average molecular weight is 397 g/mol. The van der Waals surface area contributed by atoms with E-state index in [0.29, 0.717) is 21.1 Å². The number of methoxy groups -OCH3 is 1. The van der Waals surface area contributed by atoms with E-state index < -0.39 is 6.09 Å². The molecule has 134 valence electrons. The number of rotatable bonds is 2. The van der Waals surface area contributed by atoms with Gasteiger partial charge in [-0.1, -0.05) is 47.5 Å². The van der Waals surface area contributed by atoms with Crippen molar-refractivity contribution in [2.75, 3.05) is 7.11 Å². The Bertz CT molecular complexity index is 1130. The largest absolute Gasteiger partial charge is 0.452 e. The molecule has 4 nitrogen and oxygen atoms in total. The van der Waals surface area contributed by atoms with Gasteiger partial charge in [-0.2, -0.15) is 0 Å². The normalized spacial score (nSPS) is 10.9. The van der Waals surface area contributed by atoms with Crippen LogP contribution >= 0.6 is 23.2 Å². The smallest absolute Gasteiger partial charge is 0.419 e. The van der Waals surface area contributed by atoms with Gasteiger partial charge >= 0.3 is 6.09 Å². The van der Waals surface area contributed by atoms with Crippen LogP contribution in [0.3, 0.4) is 0 Å². The van der Waals surface area contributed by atoms with E-state index in [0.717, 1.165) is 22.3 Å². The number of ether oxygens (including phenoxy) is 1. The van der Waals surface area contributed by atoms with Gasteiger partial charge in [0.15, 0.2) is 0 Å². The molecule has 6 heteroatoms. The fourth-order valence-corrected chi connectivity index (χ4v) is 3.29. The minimum absolute atomic E-state index is 0.487. The molecule has 1 aromatic heterocycles. The molecule has 0 N–H and O–H groups in total. The van der Waals surface area contributed by atoms with Crippen LogP contribution in [0.1, 0.15) is 0 Å². The van der Waals surface area contributed by atoms with E-state index in [1.165, 1.54) is 18.0 Å². The van der Waals surface area contributed by atoms with Gasteiger partial charge < -0.3 is 4.74 Å². The van der Waals surface area contributed by atoms with Crippen molar-refractivity contribution in [3.05, 3.63) is 77.0 Å². The molecule has 0 unspecified atom stereocenters. The van der Waals surface area contributed by atoms with Gasteiger partial charge in [0.25, 0.3) is 0 Å². The van der Waals surface area contributed by atoms with E-state index in [1.54, 1.807) is 0 Å². The van der Waals surface area contributed by atoms with E-state index in [2.05, 4.69) is 4.98 Å². The average Bonchev–Trinajstić information content (AvgIpc) is 3.10. The monoisotopic (exact) mass is 396 g/mol. The molecular formula is C21H14Cl2N2O2. The van der Waals surface area contributed by atoms with Crippen molar-refractivity contribution < 1.29 is 9.53 Å². The number of carbonyl (C=O) groups excluding carboxylic acids is 1. The van der Waals surface area contributed by atoms with Gasteiger partial charge in [-0.15, -0.1) is 0 Å². The molecule has 3 aromatic carbocycles. The highest BCUT2D eigenvalue weighted by atomic mass is 35.5. The lowest BCUT2D eigenvalue weighted by Crippen LogP contribution is -2.09. The summed E-state index contributed by atoms with van der Waals surface area (Å²) in [5, 5.41) is 1.33. The minimum atomic E-state index is -0.487. The minimum Gasteiger partial charge on any atom is -0.452 e. The van der Waals surface area contributed by atoms with Gasteiger partial charge in [0.1, 0.15) is 6.33 Å². The zero-order valence-electron chi connectivity index (χ0n) is 14.3. The highest BCUT2D eigenvalue weighted by molar-refractivity contribution is 6.31. The van der Waals surface area contributed by atoms with Crippen LogP contribution in [0.15, 0.2) is 67.0 Å². The van der Waals surface area contributed by atoms with Gasteiger partial charge in [-0.25, -0.2) is 14.3 Å². The van der Waals surface area contributed by atoms with E-state index in [4.69, 9.17) is 27.9 Å². The third kappa shape index (κ3) is 3.29. The van der Waals surface area contributed by atoms with E-state index in [9.17, 15) is 4.79 Å². The predicted molar refractivity (Wildman–Crippen MR) is 108 cm³/mol. The first-order chi connectivity index (χ1) is 13.1. The third-order valence-electron chi connectivity index (χ3n) is 4.37. The van der Waals surface area contributed by atoms with E-state index in [1.807, 2.05) is 60.7 Å². The number of hydrogen-bond acceptors (Lipinski definition) is 3. The van der Waals surface area contributed by atoms with Crippen LogP contribution in [0.25, 0.3) is 33.3 Å². The second-order valence-electron chi connectivity index (χ2n) is 5.98. The van der Waals surface area contributed by atoms with E-state index in [-0.39, 0.29) is 0 Å². The lowest BCUT2D eigenvalue weighted by atomic mass is 9.94. The second-order valence-corrected chi connectivity index (χ2v) is 6.86. The molecule has 0 radical (unpaired) electrons. The number of fused-ring (bicyclic) bond motifs is 1. The number of imidazole rings is 1. The maximum absolute atomic E-state index is 12.0. The maximum atomic E-state index is 12.0. The number of benzene rings is 3. The molecular weight excluding hydrogens is 383 g/mol. The summed E-state index contributed by atoms with van der Waals surface area (Å²) < 4.78 is 6.23. The molecule has 4 aromatic rings. The topological polar surface area (TPSA) is 44.1 Å². The number of aromatic nitrogens is 2. The Kier molecular flexibility index (Phi) is 4.60. The number of halogens is 2. The summed E-state index contributed by atoms with van der Waals surface area (Å²) in [6.07, 6.45) is 0.979. The van der Waals surface area contributed by atoms with Crippen molar-refractivity contribution in [3.63, 3.8) is 0 Å². The highest BCUT2D eigenvalue weighted by Gasteiger charge is 2.16. The summed E-state index contributed by atoms with van der Waals surface area (Å²) in [7, 11) is 1.34. The summed E-state index contributed by atoms with van der Waals surface area (Å²) in [5.41, 5.74) is 5.28. The van der Waals surface area contributed by atoms with E-state index >= 15 is 0 Å². The van der Waals surface area contributed by atoms with Gasteiger partial charge in [-0.3, -0.25) is 0 Å². The summed E-state index contributed by atoms with van der Waals surface area (Å²) in [5.74, 6) is 0. The third-order valence-corrected chi connectivity index (χ3v) is 4.87. The molecule has 0 amide bonds. The predicted octanol–water partition coefficient (Wildman–Crippen LogP) is 6.29. The Labute approximate surface area is 165 Å². The van der Waals surface area contributed by atoms with Crippen LogP contribution in [0.4, 0.5) is 4.79 Å². The first-order valence-corrected chi connectivity index (χ1v) is 8.94. The first kappa shape index (κ1) is 17.6. The van der Waals surface area contributed by atoms with Crippen LogP contribution in [0, 0.1) is 0 Å². The fraction of sp³-hybridized carbons (Fsp3) is 0.0476. The van der Waals surface area contributed by atoms with Crippen LogP contribution in [0.2, 0.25) is 10.0 Å². The van der Waals surface area contributed by atoms with Crippen molar-refractivity contribution in [2.45, 2.75) is 0 Å². The van der Waals surface area contributed by atoms with Gasteiger partial charge in [0.2, 0.25) is 0 Å².